The molecule has 0 saturated carbocycles. The molecule has 0 unspecified atom stereocenters. The number of carbonyl (C=O) groups excluding carboxylic acids is 1. The third kappa shape index (κ3) is 48.3. The SMILES string of the molecule is CCCCCCC(CCO)CCCCCC.[CH2-]CCCCCCN(CCO)CCCCCCCC(=O)OC(CCCCCCCC)CCCCCCCC.[W]. The van der Waals surface area contributed by atoms with Crippen molar-refractivity contribution in [1.82, 2.24) is 4.90 Å². The summed E-state index contributed by atoms with van der Waals surface area (Å²) in [6.45, 7) is 16.6. The Bertz CT molecular complexity index is 668. The van der Waals surface area contributed by atoms with Crippen molar-refractivity contribution in [3.63, 3.8) is 0 Å². The maximum atomic E-state index is 12.6. The summed E-state index contributed by atoms with van der Waals surface area (Å²) in [6.07, 6.45) is 44.6. The monoisotopic (exact) mass is 951 g/mol. The molecule has 0 rings (SSSR count). The van der Waals surface area contributed by atoms with Crippen LogP contribution in [0.1, 0.15) is 259 Å². The second-order valence-corrected chi connectivity index (χ2v) is 16.7. The fourth-order valence-electron chi connectivity index (χ4n) is 7.62. The molecular formula is C49H100NO4W-. The van der Waals surface area contributed by atoms with Crippen LogP contribution in [0.2, 0.25) is 0 Å². The number of rotatable bonds is 43. The molecule has 0 radical (unpaired) electrons. The van der Waals surface area contributed by atoms with Gasteiger partial charge in [0.1, 0.15) is 6.10 Å². The van der Waals surface area contributed by atoms with Crippen LogP contribution in [-0.4, -0.2) is 60.0 Å². The molecule has 0 aromatic heterocycles. The number of ether oxygens (including phenoxy) is 1. The zero-order valence-electron chi connectivity index (χ0n) is 37.9. The van der Waals surface area contributed by atoms with Gasteiger partial charge in [-0.1, -0.05) is 195 Å². The van der Waals surface area contributed by atoms with Gasteiger partial charge in [-0.15, -0.1) is 0 Å². The fourth-order valence-corrected chi connectivity index (χ4v) is 7.62. The van der Waals surface area contributed by atoms with E-state index in [1.165, 1.54) is 186 Å². The van der Waals surface area contributed by atoms with Crippen LogP contribution in [0.25, 0.3) is 0 Å². The van der Waals surface area contributed by atoms with Gasteiger partial charge in [-0.3, -0.25) is 4.79 Å². The normalized spacial score (nSPS) is 11.3. The van der Waals surface area contributed by atoms with Crippen LogP contribution in [0.15, 0.2) is 0 Å². The fraction of sp³-hybridized carbons (Fsp3) is 0.959. The van der Waals surface area contributed by atoms with E-state index in [1.807, 2.05) is 0 Å². The number of hydrogen-bond acceptors (Lipinski definition) is 5. The first-order chi connectivity index (χ1) is 26.5. The van der Waals surface area contributed by atoms with Crippen LogP contribution in [-0.2, 0) is 30.6 Å². The molecule has 0 saturated heterocycles. The average molecular weight is 951 g/mol. The second kappa shape index (κ2) is 52.1. The number of carbonyl (C=O) groups is 1. The Morgan fingerprint density at radius 1 is 0.473 bits per heavy atom. The zero-order chi connectivity index (χ0) is 40.0. The van der Waals surface area contributed by atoms with Gasteiger partial charge in [0.05, 0.1) is 6.61 Å². The quantitative estimate of drug-likeness (QED) is 0.0362. The van der Waals surface area contributed by atoms with E-state index in [0.29, 0.717) is 13.0 Å². The Morgan fingerprint density at radius 2 is 0.855 bits per heavy atom. The molecule has 2 N–H and O–H groups in total. The predicted octanol–water partition coefficient (Wildman–Crippen LogP) is 14.7. The van der Waals surface area contributed by atoms with Crippen molar-refractivity contribution in [2.45, 2.75) is 265 Å². The van der Waals surface area contributed by atoms with Gasteiger partial charge in [-0.25, -0.2) is 0 Å². The molecule has 5 nitrogen and oxygen atoms in total. The second-order valence-electron chi connectivity index (χ2n) is 16.7. The molecule has 0 bridgehead atoms. The third-order valence-corrected chi connectivity index (χ3v) is 11.3. The molecular weight excluding hydrogens is 850 g/mol. The molecule has 0 fully saturated rings. The van der Waals surface area contributed by atoms with Crippen molar-refractivity contribution in [2.24, 2.45) is 5.92 Å². The molecule has 0 amide bonds. The van der Waals surface area contributed by atoms with Crippen LogP contribution >= 0.6 is 0 Å². The first kappa shape index (κ1) is 59.4. The van der Waals surface area contributed by atoms with Gasteiger partial charge in [-0.2, -0.15) is 6.42 Å². The summed E-state index contributed by atoms with van der Waals surface area (Å²) in [7, 11) is 0. The molecule has 332 valence electrons. The smallest absolute Gasteiger partial charge is 0.306 e. The van der Waals surface area contributed by atoms with Crippen molar-refractivity contribution < 1.29 is 40.8 Å². The summed E-state index contributed by atoms with van der Waals surface area (Å²) >= 11 is 0. The number of unbranched alkanes of at least 4 members (excludes halogenated alkanes) is 24. The first-order valence-electron chi connectivity index (χ1n) is 24.4. The molecule has 55 heavy (non-hydrogen) atoms. The van der Waals surface area contributed by atoms with E-state index in [-0.39, 0.29) is 39.7 Å². The molecule has 0 heterocycles. The van der Waals surface area contributed by atoms with Gasteiger partial charge >= 0.3 is 5.97 Å². The Hall–Kier alpha value is 0.0383. The van der Waals surface area contributed by atoms with E-state index in [9.17, 15) is 9.90 Å². The van der Waals surface area contributed by atoms with Crippen molar-refractivity contribution in [1.29, 1.82) is 0 Å². The number of nitrogens with zero attached hydrogens (tertiary/aromatic N) is 1. The summed E-state index contributed by atoms with van der Waals surface area (Å²) < 4.78 is 5.98. The number of aliphatic hydroxyl groups is 2. The summed E-state index contributed by atoms with van der Waals surface area (Å²) in [4.78, 5) is 15.0. The summed E-state index contributed by atoms with van der Waals surface area (Å²) in [5, 5.41) is 18.4. The minimum atomic E-state index is 0. The molecule has 0 aliphatic carbocycles. The molecule has 0 aromatic rings. The van der Waals surface area contributed by atoms with Crippen molar-refractivity contribution in [3.05, 3.63) is 6.92 Å². The van der Waals surface area contributed by atoms with Crippen molar-refractivity contribution in [2.75, 3.05) is 32.8 Å². The Balaban J connectivity index is -0.00000133. The van der Waals surface area contributed by atoms with E-state index in [4.69, 9.17) is 9.84 Å². The van der Waals surface area contributed by atoms with Crippen molar-refractivity contribution in [3.8, 4) is 0 Å². The van der Waals surface area contributed by atoms with Crippen LogP contribution in [0, 0.1) is 12.8 Å². The van der Waals surface area contributed by atoms with E-state index in [1.54, 1.807) is 0 Å². The minimum absolute atomic E-state index is 0. The Labute approximate surface area is 360 Å². The zero-order valence-corrected chi connectivity index (χ0v) is 40.9. The maximum Gasteiger partial charge on any atom is 0.306 e. The molecule has 0 aromatic carbocycles. The van der Waals surface area contributed by atoms with Gasteiger partial charge in [0.2, 0.25) is 0 Å². The first-order valence-corrected chi connectivity index (χ1v) is 24.4. The predicted molar refractivity (Wildman–Crippen MR) is 238 cm³/mol. The molecule has 0 aliphatic heterocycles. The number of hydrogen-bond donors (Lipinski definition) is 2. The minimum Gasteiger partial charge on any atom is -0.462 e. The maximum absolute atomic E-state index is 12.6. The van der Waals surface area contributed by atoms with Gasteiger partial charge in [0.25, 0.3) is 0 Å². The van der Waals surface area contributed by atoms with Crippen molar-refractivity contribution >= 4 is 5.97 Å². The van der Waals surface area contributed by atoms with E-state index in [0.717, 1.165) is 64.1 Å². The third-order valence-electron chi connectivity index (χ3n) is 11.3. The molecule has 0 atom stereocenters. The summed E-state index contributed by atoms with van der Waals surface area (Å²) in [5.74, 6) is 0.818. The number of aliphatic hydroxyl groups excluding tert-OH is 2. The molecule has 6 heteroatoms. The topological polar surface area (TPSA) is 70.0 Å². The Kier molecular flexibility index (Phi) is 56.2. The van der Waals surface area contributed by atoms with Crippen LogP contribution in [0.4, 0.5) is 0 Å². The van der Waals surface area contributed by atoms with Crippen LogP contribution in [0.3, 0.4) is 0 Å². The Morgan fingerprint density at radius 3 is 1.29 bits per heavy atom. The summed E-state index contributed by atoms with van der Waals surface area (Å²) in [5.41, 5.74) is 0. The average Bonchev–Trinajstić information content (AvgIpc) is 3.17. The largest absolute Gasteiger partial charge is 0.462 e. The number of esters is 1. The van der Waals surface area contributed by atoms with Crippen LogP contribution < -0.4 is 0 Å². The van der Waals surface area contributed by atoms with E-state index < -0.39 is 0 Å². The van der Waals surface area contributed by atoms with Gasteiger partial charge in [0.15, 0.2) is 0 Å². The van der Waals surface area contributed by atoms with Gasteiger partial charge in [-0.05, 0) is 70.4 Å². The van der Waals surface area contributed by atoms with E-state index in [2.05, 4.69) is 39.5 Å². The molecule has 0 spiro atoms. The summed E-state index contributed by atoms with van der Waals surface area (Å²) in [6, 6.07) is 0. The van der Waals surface area contributed by atoms with Gasteiger partial charge < -0.3 is 26.8 Å². The molecule has 0 aliphatic rings. The van der Waals surface area contributed by atoms with Crippen LogP contribution in [0.5, 0.6) is 0 Å². The van der Waals surface area contributed by atoms with Gasteiger partial charge in [0, 0.05) is 40.6 Å². The van der Waals surface area contributed by atoms with E-state index >= 15 is 0 Å². The standard InChI is InChI=1S/C34H68NO3.C15H32O.W/c1-4-7-10-13-16-21-26-33(27-22-17-14-11-8-5-2)38-34(37)28-23-18-15-20-25-30-35(31-32-36)29-24-19-12-9-6-3;1-3-5-7-9-11-15(13-14-16)12-10-8-6-4-2;/h33,36H,3-32H2,1-2H3;15-16H,3-14H2,1-2H3;/q-1;;.